The summed E-state index contributed by atoms with van der Waals surface area (Å²) in [5, 5.41) is 0. The first-order chi connectivity index (χ1) is 21.1. The summed E-state index contributed by atoms with van der Waals surface area (Å²) in [6.45, 7) is 20.9. The Morgan fingerprint density at radius 1 is 0.457 bits per heavy atom. The summed E-state index contributed by atoms with van der Waals surface area (Å²) >= 11 is 0. The number of hydrogen-bond acceptors (Lipinski definition) is 9. The predicted octanol–water partition coefficient (Wildman–Crippen LogP) is 3.54. The molecule has 1 heterocycles. The monoisotopic (exact) mass is 653 g/mol. The maximum absolute atomic E-state index is 14.0. The van der Waals surface area contributed by atoms with E-state index in [0.29, 0.717) is 6.42 Å². The summed E-state index contributed by atoms with van der Waals surface area (Å²) in [7, 11) is 4.33. The number of cyclic esters (lactones) is 3. The standard InChI is InChI=1S/C34H59N3O9/c1-16-22(12)25-34(43)46-27(20(8)9)30(39)36(14)23(17(2)3)32(41)44-26(19(6)7)29(38)35(13)24(18(4)5)33(42)45-28(21(10)11)31(40)37(25)15/h17-28H,16H2,1-15H3/t22?,23-,24-,25-,26+,27+,28+/m0/s1. The molecule has 0 radical (unpaired) electrons. The van der Waals surface area contributed by atoms with Gasteiger partial charge in [-0.2, -0.15) is 0 Å². The lowest BCUT2D eigenvalue weighted by Crippen LogP contribution is -2.58. The van der Waals surface area contributed by atoms with Crippen LogP contribution in [-0.2, 0) is 43.0 Å². The highest BCUT2D eigenvalue weighted by atomic mass is 16.6. The zero-order valence-electron chi connectivity index (χ0n) is 30.7. The fourth-order valence-corrected chi connectivity index (χ4v) is 5.76. The van der Waals surface area contributed by atoms with E-state index in [0.717, 1.165) is 0 Å². The van der Waals surface area contributed by atoms with Crippen molar-refractivity contribution in [1.29, 1.82) is 0 Å². The summed E-state index contributed by atoms with van der Waals surface area (Å²) in [4.78, 5) is 86.8. The fourth-order valence-electron chi connectivity index (χ4n) is 5.76. The number of rotatable bonds is 7. The molecule has 264 valence electrons. The Bertz CT molecular complexity index is 1090. The predicted molar refractivity (Wildman–Crippen MR) is 173 cm³/mol. The van der Waals surface area contributed by atoms with Crippen LogP contribution < -0.4 is 0 Å². The third kappa shape index (κ3) is 9.44. The van der Waals surface area contributed by atoms with E-state index in [1.807, 2.05) is 6.92 Å². The molecule has 0 N–H and O–H groups in total. The van der Waals surface area contributed by atoms with Gasteiger partial charge in [0.2, 0.25) is 0 Å². The van der Waals surface area contributed by atoms with Crippen molar-refractivity contribution in [3.63, 3.8) is 0 Å². The largest absolute Gasteiger partial charge is 0.450 e. The summed E-state index contributed by atoms with van der Waals surface area (Å²) in [6, 6.07) is -3.32. The van der Waals surface area contributed by atoms with Gasteiger partial charge in [-0.25, -0.2) is 14.4 Å². The van der Waals surface area contributed by atoms with Crippen molar-refractivity contribution < 1.29 is 43.0 Å². The van der Waals surface area contributed by atoms with Crippen LogP contribution in [-0.4, -0.2) is 108 Å². The molecule has 1 rings (SSSR count). The van der Waals surface area contributed by atoms with Gasteiger partial charge >= 0.3 is 17.9 Å². The molecule has 12 heteroatoms. The van der Waals surface area contributed by atoms with Crippen LogP contribution >= 0.6 is 0 Å². The maximum atomic E-state index is 14.0. The van der Waals surface area contributed by atoms with Gasteiger partial charge in [0.25, 0.3) is 17.7 Å². The molecule has 1 aliphatic rings. The van der Waals surface area contributed by atoms with Crippen LogP contribution in [0.3, 0.4) is 0 Å². The second-order valence-corrected chi connectivity index (χ2v) is 14.4. The van der Waals surface area contributed by atoms with Crippen molar-refractivity contribution in [3.05, 3.63) is 0 Å². The van der Waals surface area contributed by atoms with Gasteiger partial charge in [-0.05, 0) is 35.5 Å². The molecule has 0 aromatic carbocycles. The molecule has 46 heavy (non-hydrogen) atoms. The van der Waals surface area contributed by atoms with Crippen molar-refractivity contribution in [3.8, 4) is 0 Å². The number of esters is 3. The molecular weight excluding hydrogens is 594 g/mol. The first-order valence-corrected chi connectivity index (χ1v) is 16.5. The summed E-state index contributed by atoms with van der Waals surface area (Å²) in [6.07, 6.45) is -3.33. The lowest BCUT2D eigenvalue weighted by molar-refractivity contribution is -0.181. The molecule has 0 aromatic heterocycles. The molecule has 7 atom stereocenters. The molecule has 0 bridgehead atoms. The highest BCUT2D eigenvalue weighted by molar-refractivity contribution is 5.94. The van der Waals surface area contributed by atoms with Crippen molar-refractivity contribution in [1.82, 2.24) is 14.7 Å². The Morgan fingerprint density at radius 3 is 0.913 bits per heavy atom. The lowest BCUT2D eigenvalue weighted by Gasteiger charge is -2.38. The van der Waals surface area contributed by atoms with E-state index in [-0.39, 0.29) is 5.92 Å². The normalized spacial score (nSPS) is 27.8. The van der Waals surface area contributed by atoms with E-state index >= 15 is 0 Å². The number of amides is 3. The van der Waals surface area contributed by atoms with Gasteiger partial charge in [0.1, 0.15) is 18.1 Å². The molecule has 0 aliphatic carbocycles. The van der Waals surface area contributed by atoms with E-state index < -0.39 is 102 Å². The molecule has 0 aromatic rings. The zero-order chi connectivity index (χ0) is 36.0. The minimum Gasteiger partial charge on any atom is -0.450 e. The molecular formula is C34H59N3O9. The highest BCUT2D eigenvalue weighted by Gasteiger charge is 2.45. The van der Waals surface area contributed by atoms with Crippen LogP contribution in [0.1, 0.15) is 89.5 Å². The van der Waals surface area contributed by atoms with Crippen molar-refractivity contribution in [2.24, 2.45) is 35.5 Å². The molecule has 3 amide bonds. The number of carbonyl (C=O) groups is 6. The fraction of sp³-hybridized carbons (Fsp3) is 0.824. The molecule has 1 saturated heterocycles. The van der Waals surface area contributed by atoms with E-state index in [9.17, 15) is 28.8 Å². The lowest BCUT2D eigenvalue weighted by atomic mass is 9.95. The number of nitrogens with zero attached hydrogens (tertiary/aromatic N) is 3. The van der Waals surface area contributed by atoms with Gasteiger partial charge in [0.05, 0.1) is 0 Å². The van der Waals surface area contributed by atoms with Crippen molar-refractivity contribution in [2.45, 2.75) is 126 Å². The van der Waals surface area contributed by atoms with E-state index in [4.69, 9.17) is 14.2 Å². The van der Waals surface area contributed by atoms with Gasteiger partial charge in [-0.1, -0.05) is 89.5 Å². The molecule has 1 unspecified atom stereocenters. The third-order valence-corrected chi connectivity index (χ3v) is 8.74. The quantitative estimate of drug-likeness (QED) is 0.298. The average Bonchev–Trinajstić information content (AvgIpc) is 2.94. The number of likely N-dealkylation sites (N-methyl/N-ethyl adjacent to an activating group) is 3. The number of ether oxygens (including phenoxy) is 3. The van der Waals surface area contributed by atoms with Crippen molar-refractivity contribution >= 4 is 35.6 Å². The van der Waals surface area contributed by atoms with Crippen LogP contribution in [0.25, 0.3) is 0 Å². The minimum absolute atomic E-state index is 0.380. The van der Waals surface area contributed by atoms with Gasteiger partial charge < -0.3 is 28.9 Å². The van der Waals surface area contributed by atoms with E-state index in [1.54, 1.807) is 76.2 Å². The molecule has 1 aliphatic heterocycles. The average molecular weight is 654 g/mol. The summed E-state index contributed by atoms with van der Waals surface area (Å²) in [5.41, 5.74) is 0. The molecule has 0 spiro atoms. The topological polar surface area (TPSA) is 140 Å². The van der Waals surface area contributed by atoms with Crippen LogP contribution in [0.5, 0.6) is 0 Å². The molecule has 1 fully saturated rings. The van der Waals surface area contributed by atoms with E-state index in [1.165, 1.54) is 35.8 Å². The Balaban J connectivity index is 3.97. The van der Waals surface area contributed by atoms with Crippen molar-refractivity contribution in [2.75, 3.05) is 21.1 Å². The number of hydrogen-bond donors (Lipinski definition) is 0. The third-order valence-electron chi connectivity index (χ3n) is 8.74. The van der Waals surface area contributed by atoms with Crippen LogP contribution in [0.2, 0.25) is 0 Å². The Hall–Kier alpha value is -3.18. The summed E-state index contributed by atoms with van der Waals surface area (Å²) in [5.74, 6) is -6.92. The summed E-state index contributed by atoms with van der Waals surface area (Å²) < 4.78 is 17.5. The number of carbonyl (C=O) groups excluding carboxylic acids is 6. The van der Waals surface area contributed by atoms with Gasteiger partial charge in [-0.3, -0.25) is 14.4 Å². The van der Waals surface area contributed by atoms with Gasteiger partial charge in [0, 0.05) is 21.1 Å². The van der Waals surface area contributed by atoms with Crippen LogP contribution in [0.15, 0.2) is 0 Å². The second-order valence-electron chi connectivity index (χ2n) is 14.4. The van der Waals surface area contributed by atoms with E-state index in [2.05, 4.69) is 0 Å². The molecule has 0 saturated carbocycles. The first-order valence-electron chi connectivity index (χ1n) is 16.5. The molecule has 12 nitrogen and oxygen atoms in total. The van der Waals surface area contributed by atoms with Gasteiger partial charge in [-0.15, -0.1) is 0 Å². The Kier molecular flexibility index (Phi) is 15.2. The highest BCUT2D eigenvalue weighted by Crippen LogP contribution is 2.25. The minimum atomic E-state index is -1.28. The second kappa shape index (κ2) is 17.1. The SMILES string of the molecule is CCC(C)[C@H]1C(=O)O[C@H](C(C)C)C(=O)N(C)[C@@H](C(C)C)C(=O)O[C@H](C(C)C)C(=O)N(C)[C@@H](C(C)C)C(=O)O[C@H](C(C)C)C(=O)N1C. The smallest absolute Gasteiger partial charge is 0.329 e. The Morgan fingerprint density at radius 2 is 0.696 bits per heavy atom. The zero-order valence-corrected chi connectivity index (χ0v) is 30.7. The maximum Gasteiger partial charge on any atom is 0.329 e. The van der Waals surface area contributed by atoms with Crippen LogP contribution in [0, 0.1) is 35.5 Å². The van der Waals surface area contributed by atoms with Crippen LogP contribution in [0.4, 0.5) is 0 Å². The Labute approximate surface area is 275 Å². The van der Waals surface area contributed by atoms with Gasteiger partial charge in [0.15, 0.2) is 18.3 Å². The first kappa shape index (κ1) is 40.8.